The Morgan fingerprint density at radius 2 is 1.89 bits per heavy atom. The summed E-state index contributed by atoms with van der Waals surface area (Å²) in [6.45, 7) is 7.37. The Hall–Kier alpha value is -4.06. The number of likely N-dealkylation sites (N-methyl/N-ethyl adjacent to an activating group) is 1. The number of fused-ring (bicyclic) bond motifs is 1. The van der Waals surface area contributed by atoms with Crippen molar-refractivity contribution in [2.45, 2.75) is 13.5 Å². The highest BCUT2D eigenvalue weighted by atomic mass is 16.1. The van der Waals surface area contributed by atoms with Crippen molar-refractivity contribution in [3.63, 3.8) is 0 Å². The van der Waals surface area contributed by atoms with Crippen molar-refractivity contribution >= 4 is 17.2 Å². The maximum atomic E-state index is 12.9. The fourth-order valence-corrected chi connectivity index (χ4v) is 4.09. The monoisotopic (exact) mass is 465 g/mol. The zero-order valence-electron chi connectivity index (χ0n) is 19.9. The molecule has 0 aliphatic carbocycles. The first-order chi connectivity index (χ1) is 17.0. The molecule has 8 heteroatoms. The van der Waals surface area contributed by atoms with Crippen LogP contribution in [0.5, 0.6) is 0 Å². The molecular formula is C27H27N7O. The Kier molecular flexibility index (Phi) is 6.53. The van der Waals surface area contributed by atoms with Gasteiger partial charge in [-0.3, -0.25) is 19.1 Å². The zero-order valence-corrected chi connectivity index (χ0v) is 19.9. The summed E-state index contributed by atoms with van der Waals surface area (Å²) in [6.07, 6.45) is 5.03. The predicted octanol–water partition coefficient (Wildman–Crippen LogP) is 2.83. The lowest BCUT2D eigenvalue weighted by Gasteiger charge is -2.32. The van der Waals surface area contributed by atoms with Gasteiger partial charge < -0.3 is 10.2 Å². The first-order valence-corrected chi connectivity index (χ1v) is 11.6. The minimum Gasteiger partial charge on any atom is -0.322 e. The fraction of sp³-hybridized carbons (Fsp3) is 0.259. The maximum absolute atomic E-state index is 12.9. The van der Waals surface area contributed by atoms with E-state index in [9.17, 15) is 4.79 Å². The number of benzene rings is 1. The largest absolute Gasteiger partial charge is 0.322 e. The van der Waals surface area contributed by atoms with E-state index < -0.39 is 0 Å². The van der Waals surface area contributed by atoms with Crippen molar-refractivity contribution in [2.24, 2.45) is 0 Å². The Morgan fingerprint density at radius 1 is 1.03 bits per heavy atom. The van der Waals surface area contributed by atoms with E-state index in [0.29, 0.717) is 17.0 Å². The molecule has 0 radical (unpaired) electrons. The topological polar surface area (TPSA) is 78.7 Å². The van der Waals surface area contributed by atoms with E-state index in [-0.39, 0.29) is 5.91 Å². The summed E-state index contributed by atoms with van der Waals surface area (Å²) in [5.74, 6) is 6.35. The number of nitrogens with zero attached hydrogens (tertiary/aromatic N) is 6. The number of hydrogen-bond acceptors (Lipinski definition) is 6. The lowest BCUT2D eigenvalue weighted by molar-refractivity contribution is 0.102. The molecule has 4 heterocycles. The smallest absolute Gasteiger partial charge is 0.257 e. The van der Waals surface area contributed by atoms with Gasteiger partial charge in [-0.25, -0.2) is 0 Å². The van der Waals surface area contributed by atoms with Crippen molar-refractivity contribution in [1.29, 1.82) is 0 Å². The van der Waals surface area contributed by atoms with Gasteiger partial charge in [-0.1, -0.05) is 18.1 Å². The third-order valence-corrected chi connectivity index (χ3v) is 6.22. The molecule has 8 nitrogen and oxygen atoms in total. The Morgan fingerprint density at radius 3 is 2.71 bits per heavy atom. The summed E-state index contributed by atoms with van der Waals surface area (Å²) in [5, 5.41) is 11.2. The van der Waals surface area contributed by atoms with Crippen LogP contribution in [-0.2, 0) is 6.54 Å². The molecule has 1 aromatic carbocycles. The van der Waals surface area contributed by atoms with Crippen LogP contribution < -0.4 is 5.32 Å². The summed E-state index contributed by atoms with van der Waals surface area (Å²) in [4.78, 5) is 21.9. The lowest BCUT2D eigenvalue weighted by atomic mass is 10.1. The summed E-state index contributed by atoms with van der Waals surface area (Å²) < 4.78 is 1.81. The number of aromatic nitrogens is 4. The molecule has 1 amide bonds. The van der Waals surface area contributed by atoms with Gasteiger partial charge in [-0.05, 0) is 61.4 Å². The van der Waals surface area contributed by atoms with E-state index in [0.717, 1.165) is 44.1 Å². The maximum Gasteiger partial charge on any atom is 0.257 e. The van der Waals surface area contributed by atoms with E-state index in [4.69, 9.17) is 0 Å². The van der Waals surface area contributed by atoms with Crippen LogP contribution in [0.2, 0.25) is 0 Å². The molecule has 1 saturated heterocycles. The molecule has 0 atom stereocenters. The van der Waals surface area contributed by atoms with Gasteiger partial charge in [0.1, 0.15) is 0 Å². The molecular weight excluding hydrogens is 438 g/mol. The molecule has 3 aromatic heterocycles. The Labute approximate surface area is 204 Å². The van der Waals surface area contributed by atoms with E-state index in [2.05, 4.69) is 62.2 Å². The number of amides is 1. The third-order valence-electron chi connectivity index (χ3n) is 6.22. The second-order valence-electron chi connectivity index (χ2n) is 8.84. The molecule has 1 aliphatic heterocycles. The minimum atomic E-state index is -0.222. The SMILES string of the molecule is Cc1cc(NC(=O)c2cncc(C#Cc3nnc4ccccn34)c2)ccc1CN1CCN(C)CC1. The van der Waals surface area contributed by atoms with Crippen LogP contribution in [0.3, 0.4) is 0 Å². The number of carbonyl (C=O) groups is 1. The minimum absolute atomic E-state index is 0.222. The summed E-state index contributed by atoms with van der Waals surface area (Å²) >= 11 is 0. The molecule has 0 unspecified atom stereocenters. The van der Waals surface area contributed by atoms with Crippen LogP contribution >= 0.6 is 0 Å². The van der Waals surface area contributed by atoms with Crippen LogP contribution in [0.1, 0.15) is 32.9 Å². The van der Waals surface area contributed by atoms with Gasteiger partial charge in [0.2, 0.25) is 5.82 Å². The van der Waals surface area contributed by atoms with Gasteiger partial charge in [-0.15, -0.1) is 10.2 Å². The second-order valence-corrected chi connectivity index (χ2v) is 8.84. The molecule has 1 fully saturated rings. The number of anilines is 1. The van der Waals surface area contributed by atoms with Crippen molar-refractivity contribution < 1.29 is 4.79 Å². The fourth-order valence-electron chi connectivity index (χ4n) is 4.09. The highest BCUT2D eigenvalue weighted by Gasteiger charge is 2.15. The van der Waals surface area contributed by atoms with Gasteiger partial charge in [0, 0.05) is 62.6 Å². The standard InChI is InChI=1S/C27H27N7O/c1-20-15-24(8-7-22(20)19-33-13-11-32(2)12-14-33)29-27(35)23-16-21(17-28-18-23)6-9-26-31-30-25-5-3-4-10-34(25)26/h3-5,7-8,10,15-18H,11-14,19H2,1-2H3,(H,29,35). The molecule has 1 aliphatic rings. The normalized spacial score (nSPS) is 14.5. The summed E-state index contributed by atoms with van der Waals surface area (Å²) in [6, 6.07) is 13.5. The van der Waals surface area contributed by atoms with Crippen molar-refractivity contribution in [3.05, 3.63) is 89.1 Å². The van der Waals surface area contributed by atoms with E-state index in [1.807, 2.05) is 40.9 Å². The highest BCUT2D eigenvalue weighted by Crippen LogP contribution is 2.18. The molecule has 35 heavy (non-hydrogen) atoms. The van der Waals surface area contributed by atoms with Gasteiger partial charge >= 0.3 is 0 Å². The number of piperazine rings is 1. The van der Waals surface area contributed by atoms with Gasteiger partial charge in [-0.2, -0.15) is 0 Å². The molecule has 0 bridgehead atoms. The number of aryl methyl sites for hydroxylation is 1. The van der Waals surface area contributed by atoms with Crippen LogP contribution in [0, 0.1) is 18.8 Å². The van der Waals surface area contributed by atoms with Crippen molar-refractivity contribution in [2.75, 3.05) is 38.5 Å². The summed E-state index contributed by atoms with van der Waals surface area (Å²) in [5.41, 5.74) is 5.02. The Bertz CT molecular complexity index is 1420. The first-order valence-electron chi connectivity index (χ1n) is 11.6. The summed E-state index contributed by atoms with van der Waals surface area (Å²) in [7, 11) is 2.16. The molecule has 4 aromatic rings. The number of rotatable bonds is 4. The number of carbonyl (C=O) groups excluding carboxylic acids is 1. The van der Waals surface area contributed by atoms with Gasteiger partial charge in [0.05, 0.1) is 5.56 Å². The number of pyridine rings is 2. The predicted molar refractivity (Wildman–Crippen MR) is 135 cm³/mol. The van der Waals surface area contributed by atoms with Crippen molar-refractivity contribution in [1.82, 2.24) is 29.4 Å². The molecule has 0 saturated carbocycles. The highest BCUT2D eigenvalue weighted by molar-refractivity contribution is 6.04. The van der Waals surface area contributed by atoms with E-state index in [1.54, 1.807) is 18.5 Å². The third kappa shape index (κ3) is 5.38. The second kappa shape index (κ2) is 10.1. The zero-order chi connectivity index (χ0) is 24.2. The van der Waals surface area contributed by atoms with E-state index >= 15 is 0 Å². The molecule has 5 rings (SSSR count). The van der Waals surface area contributed by atoms with Crippen LogP contribution in [0.15, 0.2) is 61.1 Å². The molecule has 1 N–H and O–H groups in total. The first kappa shape index (κ1) is 22.7. The molecule has 0 spiro atoms. The van der Waals surface area contributed by atoms with Crippen LogP contribution in [-0.4, -0.2) is 68.5 Å². The average Bonchev–Trinajstić information content (AvgIpc) is 3.29. The average molecular weight is 466 g/mol. The molecule has 176 valence electrons. The van der Waals surface area contributed by atoms with Gasteiger partial charge in [0.15, 0.2) is 5.65 Å². The lowest BCUT2D eigenvalue weighted by Crippen LogP contribution is -2.43. The van der Waals surface area contributed by atoms with Gasteiger partial charge in [0.25, 0.3) is 5.91 Å². The van der Waals surface area contributed by atoms with Crippen LogP contribution in [0.4, 0.5) is 5.69 Å². The Balaban J connectivity index is 1.26. The number of nitrogens with one attached hydrogen (secondary N) is 1. The van der Waals surface area contributed by atoms with E-state index in [1.165, 1.54) is 11.1 Å². The van der Waals surface area contributed by atoms with Crippen molar-refractivity contribution in [3.8, 4) is 11.8 Å². The number of hydrogen-bond donors (Lipinski definition) is 1. The van der Waals surface area contributed by atoms with Crippen LogP contribution in [0.25, 0.3) is 5.65 Å². The quantitative estimate of drug-likeness (QED) is 0.467.